The van der Waals surface area contributed by atoms with Crippen LogP contribution in [0.2, 0.25) is 5.15 Å². The lowest BCUT2D eigenvalue weighted by atomic mass is 10.3. The molecule has 0 aliphatic carbocycles. The Labute approximate surface area is 131 Å². The predicted octanol–water partition coefficient (Wildman–Crippen LogP) is 3.44. The number of aromatic nitrogens is 5. The Balaban J connectivity index is 2.32. The minimum atomic E-state index is 0.401. The molecule has 9 heteroatoms. The number of H-pyrrole nitrogens is 2. The molecule has 2 aromatic rings. The fourth-order valence-electron chi connectivity index (χ4n) is 1.70. The molecule has 0 aliphatic rings. The van der Waals surface area contributed by atoms with Gasteiger partial charge >= 0.3 is 0 Å². The standard InChI is InChI=1S/C11H15ClN6S2/c1-3-4-5-17-9(12)8(7(2)16-17)6-13-18-10(19)14-15-11(18)20/h6H,3-5H2,1-2H3,(H,14,19)(H,15,20)/b13-6-. The molecule has 0 radical (unpaired) electrons. The van der Waals surface area contributed by atoms with Crippen LogP contribution in [-0.2, 0) is 6.54 Å². The van der Waals surface area contributed by atoms with Crippen LogP contribution in [-0.4, -0.2) is 30.9 Å². The van der Waals surface area contributed by atoms with E-state index in [2.05, 4.69) is 27.3 Å². The summed E-state index contributed by atoms with van der Waals surface area (Å²) < 4.78 is 4.01. The van der Waals surface area contributed by atoms with Crippen molar-refractivity contribution in [1.82, 2.24) is 24.7 Å². The molecule has 0 saturated heterocycles. The molecule has 108 valence electrons. The van der Waals surface area contributed by atoms with Gasteiger partial charge in [-0.2, -0.15) is 14.9 Å². The van der Waals surface area contributed by atoms with Crippen molar-refractivity contribution in [3.63, 3.8) is 0 Å². The summed E-state index contributed by atoms with van der Waals surface area (Å²) in [5.74, 6) is 0. The first-order chi connectivity index (χ1) is 9.54. The van der Waals surface area contributed by atoms with Crippen LogP contribution in [0, 0.1) is 16.5 Å². The van der Waals surface area contributed by atoms with Gasteiger partial charge in [-0.05, 0) is 37.8 Å². The van der Waals surface area contributed by atoms with E-state index in [-0.39, 0.29) is 0 Å². The number of hydrogen-bond donors (Lipinski definition) is 2. The van der Waals surface area contributed by atoms with Gasteiger partial charge in [0.1, 0.15) is 5.15 Å². The smallest absolute Gasteiger partial charge is 0.215 e. The lowest BCUT2D eigenvalue weighted by Gasteiger charge is -2.00. The molecule has 20 heavy (non-hydrogen) atoms. The average molecular weight is 331 g/mol. The van der Waals surface area contributed by atoms with E-state index in [1.54, 1.807) is 10.9 Å². The molecule has 6 nitrogen and oxygen atoms in total. The zero-order valence-corrected chi connectivity index (χ0v) is 13.6. The van der Waals surface area contributed by atoms with Crippen LogP contribution in [0.15, 0.2) is 5.10 Å². The van der Waals surface area contributed by atoms with Gasteiger partial charge in [0, 0.05) is 6.54 Å². The Kier molecular flexibility index (Phi) is 4.90. The number of hydrogen-bond acceptors (Lipinski definition) is 4. The lowest BCUT2D eigenvalue weighted by molar-refractivity contribution is 0.569. The van der Waals surface area contributed by atoms with Gasteiger partial charge in [-0.1, -0.05) is 24.9 Å². The summed E-state index contributed by atoms with van der Waals surface area (Å²) in [6.07, 6.45) is 3.75. The first kappa shape index (κ1) is 15.1. The molecule has 2 aromatic heterocycles. The van der Waals surface area contributed by atoms with Gasteiger partial charge in [-0.15, -0.1) is 0 Å². The van der Waals surface area contributed by atoms with Gasteiger partial charge in [-0.25, -0.2) is 0 Å². The summed E-state index contributed by atoms with van der Waals surface area (Å²) in [7, 11) is 0. The molecule has 0 spiro atoms. The lowest BCUT2D eigenvalue weighted by Crippen LogP contribution is -2.00. The third-order valence-electron chi connectivity index (χ3n) is 2.80. The van der Waals surface area contributed by atoms with Crippen LogP contribution in [0.25, 0.3) is 0 Å². The number of aromatic amines is 2. The molecule has 0 aliphatic heterocycles. The Morgan fingerprint density at radius 1 is 1.35 bits per heavy atom. The van der Waals surface area contributed by atoms with Crippen LogP contribution in [0.4, 0.5) is 0 Å². The van der Waals surface area contributed by atoms with E-state index in [1.165, 1.54) is 4.68 Å². The first-order valence-electron chi connectivity index (χ1n) is 6.21. The van der Waals surface area contributed by atoms with E-state index >= 15 is 0 Å². The van der Waals surface area contributed by atoms with Crippen LogP contribution < -0.4 is 0 Å². The SMILES string of the molecule is CCCCn1nc(C)c(/C=N\n2c(=S)[nH][nH]c2=S)c1Cl. The van der Waals surface area contributed by atoms with Crippen LogP contribution in [0.5, 0.6) is 0 Å². The molecule has 0 bridgehead atoms. The number of halogens is 1. The largest absolute Gasteiger partial charge is 0.273 e. The van der Waals surface area contributed by atoms with E-state index in [0.29, 0.717) is 14.7 Å². The minimum Gasteiger partial charge on any atom is -0.273 e. The highest BCUT2D eigenvalue weighted by Crippen LogP contribution is 2.18. The summed E-state index contributed by atoms with van der Waals surface area (Å²) in [5, 5.41) is 14.7. The summed E-state index contributed by atoms with van der Waals surface area (Å²) in [5.41, 5.74) is 1.60. The van der Waals surface area contributed by atoms with Gasteiger partial charge in [0.05, 0.1) is 17.5 Å². The summed E-state index contributed by atoms with van der Waals surface area (Å²) in [4.78, 5) is 0. The van der Waals surface area contributed by atoms with Crippen LogP contribution >= 0.6 is 36.0 Å². The highest BCUT2D eigenvalue weighted by Gasteiger charge is 2.11. The molecule has 2 rings (SSSR count). The van der Waals surface area contributed by atoms with E-state index in [9.17, 15) is 0 Å². The van der Waals surface area contributed by atoms with Crippen molar-refractivity contribution in [1.29, 1.82) is 0 Å². The fourth-order valence-corrected chi connectivity index (χ4v) is 2.44. The predicted molar refractivity (Wildman–Crippen MR) is 84.7 cm³/mol. The van der Waals surface area contributed by atoms with Gasteiger partial charge in [0.15, 0.2) is 0 Å². The van der Waals surface area contributed by atoms with Crippen molar-refractivity contribution in [3.05, 3.63) is 26.0 Å². The van der Waals surface area contributed by atoms with Crippen molar-refractivity contribution in [2.24, 2.45) is 5.10 Å². The summed E-state index contributed by atoms with van der Waals surface area (Å²) >= 11 is 16.4. The maximum absolute atomic E-state index is 6.32. The topological polar surface area (TPSA) is 66.7 Å². The third-order valence-corrected chi connectivity index (χ3v) is 3.74. The number of rotatable bonds is 5. The highest BCUT2D eigenvalue weighted by molar-refractivity contribution is 7.72. The molecule has 2 N–H and O–H groups in total. The molecule has 0 aromatic carbocycles. The first-order valence-corrected chi connectivity index (χ1v) is 7.41. The molecule has 0 saturated carbocycles. The second-order valence-electron chi connectivity index (χ2n) is 4.28. The zero-order valence-electron chi connectivity index (χ0n) is 11.2. The second-order valence-corrected chi connectivity index (χ2v) is 5.41. The van der Waals surface area contributed by atoms with Crippen molar-refractivity contribution < 1.29 is 0 Å². The van der Waals surface area contributed by atoms with Gasteiger partial charge in [-0.3, -0.25) is 14.9 Å². The average Bonchev–Trinajstić information content (AvgIpc) is 2.87. The Bertz CT molecular complexity index is 707. The second kappa shape index (κ2) is 6.47. The van der Waals surface area contributed by atoms with Gasteiger partial charge < -0.3 is 0 Å². The fraction of sp³-hybridized carbons (Fsp3) is 0.455. The van der Waals surface area contributed by atoms with Gasteiger partial charge in [0.25, 0.3) is 0 Å². The molecule has 2 heterocycles. The van der Waals surface area contributed by atoms with E-state index in [0.717, 1.165) is 30.6 Å². The number of aryl methyl sites for hydroxylation is 2. The monoisotopic (exact) mass is 330 g/mol. The number of unbranched alkanes of at least 4 members (excludes halogenated alkanes) is 1. The number of nitrogens with zero attached hydrogens (tertiary/aromatic N) is 4. The molecular formula is C11H15ClN6S2. The molecule has 0 atom stereocenters. The Morgan fingerprint density at radius 3 is 2.60 bits per heavy atom. The number of nitrogens with one attached hydrogen (secondary N) is 2. The zero-order chi connectivity index (χ0) is 14.7. The molecule has 0 fully saturated rings. The van der Waals surface area contributed by atoms with E-state index in [4.69, 9.17) is 36.0 Å². The van der Waals surface area contributed by atoms with Crippen molar-refractivity contribution in [2.75, 3.05) is 0 Å². The Hall–Kier alpha value is -1.25. The maximum Gasteiger partial charge on any atom is 0.215 e. The quantitative estimate of drug-likeness (QED) is 0.652. The third kappa shape index (κ3) is 3.08. The normalized spacial score (nSPS) is 11.6. The molecule has 0 unspecified atom stereocenters. The van der Waals surface area contributed by atoms with Gasteiger partial charge in [0.2, 0.25) is 9.54 Å². The molecule has 0 amide bonds. The van der Waals surface area contributed by atoms with Crippen LogP contribution in [0.3, 0.4) is 0 Å². The Morgan fingerprint density at radius 2 is 2.00 bits per heavy atom. The van der Waals surface area contributed by atoms with E-state index < -0.39 is 0 Å². The minimum absolute atomic E-state index is 0.401. The van der Waals surface area contributed by atoms with Crippen molar-refractivity contribution in [3.8, 4) is 0 Å². The molecular weight excluding hydrogens is 316 g/mol. The van der Waals surface area contributed by atoms with E-state index in [1.807, 2.05) is 6.92 Å². The maximum atomic E-state index is 6.32. The van der Waals surface area contributed by atoms with Crippen LogP contribution in [0.1, 0.15) is 31.0 Å². The summed E-state index contributed by atoms with van der Waals surface area (Å²) in [6, 6.07) is 0. The van der Waals surface area contributed by atoms with Crippen molar-refractivity contribution >= 4 is 42.3 Å². The van der Waals surface area contributed by atoms with Crippen molar-refractivity contribution in [2.45, 2.75) is 33.2 Å². The summed E-state index contributed by atoms with van der Waals surface area (Å²) in [6.45, 7) is 4.82. The highest BCUT2D eigenvalue weighted by atomic mass is 35.5.